The van der Waals surface area contributed by atoms with Crippen LogP contribution in [-0.4, -0.2) is 64.5 Å². The van der Waals surface area contributed by atoms with Gasteiger partial charge in [-0.1, -0.05) is 0 Å². The molecular formula is C16H20BrF3N4O4. The molecule has 12 heteroatoms. The topological polar surface area (TPSA) is 113 Å². The van der Waals surface area contributed by atoms with Crippen LogP contribution < -0.4 is 10.6 Å². The molecule has 2 aliphatic rings. The number of carboxylic acids is 1. The van der Waals surface area contributed by atoms with E-state index in [0.717, 1.165) is 38.8 Å². The molecule has 1 atom stereocenters. The number of alkyl halides is 3. The Morgan fingerprint density at radius 2 is 2.00 bits per heavy atom. The summed E-state index contributed by atoms with van der Waals surface area (Å²) >= 11 is 3.31. The predicted molar refractivity (Wildman–Crippen MR) is 94.7 cm³/mol. The van der Waals surface area contributed by atoms with Gasteiger partial charge in [0.05, 0.1) is 10.1 Å². The maximum atomic E-state index is 12.3. The van der Waals surface area contributed by atoms with Crippen molar-refractivity contribution in [2.45, 2.75) is 43.5 Å². The van der Waals surface area contributed by atoms with E-state index in [1.165, 1.54) is 6.33 Å². The highest BCUT2D eigenvalue weighted by atomic mass is 79.9. The van der Waals surface area contributed by atoms with Gasteiger partial charge in [-0.2, -0.15) is 13.2 Å². The molecule has 156 valence electrons. The van der Waals surface area contributed by atoms with Crippen molar-refractivity contribution in [1.29, 1.82) is 0 Å². The van der Waals surface area contributed by atoms with Crippen molar-refractivity contribution in [3.63, 3.8) is 0 Å². The van der Waals surface area contributed by atoms with E-state index in [4.69, 9.17) is 14.6 Å². The van der Waals surface area contributed by atoms with Gasteiger partial charge in [0.25, 0.3) is 5.91 Å². The Hall–Kier alpha value is -1.79. The van der Waals surface area contributed by atoms with Crippen LogP contribution >= 0.6 is 15.9 Å². The Morgan fingerprint density at radius 1 is 1.36 bits per heavy atom. The maximum Gasteiger partial charge on any atom is 0.490 e. The lowest BCUT2D eigenvalue weighted by atomic mass is 9.83. The number of aliphatic carboxylic acids is 1. The second-order valence-corrected chi connectivity index (χ2v) is 7.32. The molecule has 1 unspecified atom stereocenters. The predicted octanol–water partition coefficient (Wildman–Crippen LogP) is 1.90. The highest BCUT2D eigenvalue weighted by molar-refractivity contribution is 9.10. The van der Waals surface area contributed by atoms with Crippen LogP contribution in [0.15, 0.2) is 17.0 Å². The van der Waals surface area contributed by atoms with Crippen molar-refractivity contribution < 1.29 is 32.6 Å². The van der Waals surface area contributed by atoms with E-state index in [0.29, 0.717) is 16.8 Å². The zero-order valence-corrected chi connectivity index (χ0v) is 16.3. The molecule has 3 N–H and O–H groups in total. The molecule has 0 aromatic carbocycles. The number of piperidine rings is 1. The number of hydrogen-bond donors (Lipinski definition) is 3. The molecule has 0 radical (unpaired) electrons. The number of halogens is 4. The Balaban J connectivity index is 0.000000345. The molecule has 3 heterocycles. The quantitative estimate of drug-likeness (QED) is 0.607. The summed E-state index contributed by atoms with van der Waals surface area (Å²) in [5.41, 5.74) is 0.320. The van der Waals surface area contributed by atoms with E-state index in [-0.39, 0.29) is 17.6 Å². The van der Waals surface area contributed by atoms with E-state index >= 15 is 0 Å². The highest BCUT2D eigenvalue weighted by Crippen LogP contribution is 2.33. The minimum Gasteiger partial charge on any atom is -0.475 e. The summed E-state index contributed by atoms with van der Waals surface area (Å²) in [5, 5.41) is 13.6. The number of ether oxygens (including phenoxy) is 1. The van der Waals surface area contributed by atoms with Crippen LogP contribution in [0, 0.1) is 0 Å². The number of carbonyl (C=O) groups excluding carboxylic acids is 1. The molecule has 1 spiro atoms. The minimum absolute atomic E-state index is 0.0651. The normalized spacial score (nSPS) is 21.4. The minimum atomic E-state index is -5.08. The first-order chi connectivity index (χ1) is 13.1. The molecule has 2 aliphatic heterocycles. The molecule has 3 rings (SSSR count). The number of amides is 1. The summed E-state index contributed by atoms with van der Waals surface area (Å²) in [7, 11) is 0. The summed E-state index contributed by atoms with van der Waals surface area (Å²) in [5.74, 6) is -2.91. The van der Waals surface area contributed by atoms with E-state index in [1.807, 2.05) is 0 Å². The number of carbonyl (C=O) groups is 2. The summed E-state index contributed by atoms with van der Waals surface area (Å²) < 4.78 is 38.4. The van der Waals surface area contributed by atoms with Crippen LogP contribution in [0.5, 0.6) is 0 Å². The SMILES string of the molecule is O=C(NC1CCOC2(CCNCC2)C1)c1ncncc1Br.O=C(O)C(F)(F)F. The lowest BCUT2D eigenvalue weighted by Crippen LogP contribution is -2.53. The summed E-state index contributed by atoms with van der Waals surface area (Å²) in [6.45, 7) is 2.67. The first-order valence-electron chi connectivity index (χ1n) is 8.54. The van der Waals surface area contributed by atoms with Crippen molar-refractivity contribution in [1.82, 2.24) is 20.6 Å². The second-order valence-electron chi connectivity index (χ2n) is 6.47. The van der Waals surface area contributed by atoms with Crippen LogP contribution in [0.3, 0.4) is 0 Å². The third-order valence-electron chi connectivity index (χ3n) is 4.47. The fraction of sp³-hybridized carbons (Fsp3) is 0.625. The zero-order valence-electron chi connectivity index (χ0n) is 14.8. The average Bonchev–Trinajstić information content (AvgIpc) is 2.62. The molecule has 1 aromatic heterocycles. The van der Waals surface area contributed by atoms with Crippen LogP contribution in [-0.2, 0) is 9.53 Å². The first kappa shape index (κ1) is 22.5. The van der Waals surface area contributed by atoms with E-state index in [2.05, 4.69) is 36.5 Å². The molecule has 0 saturated carbocycles. The van der Waals surface area contributed by atoms with Gasteiger partial charge in [-0.05, 0) is 54.7 Å². The maximum absolute atomic E-state index is 12.3. The van der Waals surface area contributed by atoms with Gasteiger partial charge >= 0.3 is 12.1 Å². The van der Waals surface area contributed by atoms with Gasteiger partial charge in [0.1, 0.15) is 12.0 Å². The van der Waals surface area contributed by atoms with Gasteiger partial charge in [-0.25, -0.2) is 14.8 Å². The van der Waals surface area contributed by atoms with E-state index in [9.17, 15) is 18.0 Å². The van der Waals surface area contributed by atoms with Crippen molar-refractivity contribution in [3.8, 4) is 0 Å². The molecule has 28 heavy (non-hydrogen) atoms. The molecule has 2 saturated heterocycles. The van der Waals surface area contributed by atoms with Crippen molar-refractivity contribution >= 4 is 27.8 Å². The number of carboxylic acid groups (broad SMARTS) is 1. The van der Waals surface area contributed by atoms with Gasteiger partial charge in [-0.3, -0.25) is 4.79 Å². The van der Waals surface area contributed by atoms with Crippen LogP contribution in [0.1, 0.15) is 36.2 Å². The van der Waals surface area contributed by atoms with Gasteiger partial charge < -0.3 is 20.5 Å². The molecule has 0 bridgehead atoms. The fourth-order valence-electron chi connectivity index (χ4n) is 3.12. The molecule has 8 nitrogen and oxygen atoms in total. The number of nitrogens with zero attached hydrogens (tertiary/aromatic N) is 2. The number of rotatable bonds is 2. The third kappa shape index (κ3) is 6.38. The monoisotopic (exact) mass is 468 g/mol. The molecule has 2 fully saturated rings. The lowest BCUT2D eigenvalue weighted by molar-refractivity contribution is -0.192. The average molecular weight is 469 g/mol. The van der Waals surface area contributed by atoms with Crippen molar-refractivity contribution in [3.05, 3.63) is 22.7 Å². The molecule has 1 amide bonds. The number of nitrogens with one attached hydrogen (secondary N) is 2. The standard InChI is InChI=1S/C14H19BrN4O2.C2HF3O2/c15-11-8-17-9-18-12(11)13(20)19-10-1-6-21-14(7-10)2-4-16-5-3-14;3-2(4,5)1(6)7/h8-10,16H,1-7H2,(H,19,20);(H,6,7). The molecular weight excluding hydrogens is 449 g/mol. The Kier molecular flexibility index (Phi) is 7.72. The third-order valence-corrected chi connectivity index (χ3v) is 5.05. The smallest absolute Gasteiger partial charge is 0.475 e. The Morgan fingerprint density at radius 3 is 2.57 bits per heavy atom. The van der Waals surface area contributed by atoms with Gasteiger partial charge in [0, 0.05) is 18.8 Å². The van der Waals surface area contributed by atoms with Crippen LogP contribution in [0.4, 0.5) is 13.2 Å². The van der Waals surface area contributed by atoms with Crippen molar-refractivity contribution in [2.75, 3.05) is 19.7 Å². The van der Waals surface area contributed by atoms with Crippen LogP contribution in [0.25, 0.3) is 0 Å². The van der Waals surface area contributed by atoms with Crippen LogP contribution in [0.2, 0.25) is 0 Å². The van der Waals surface area contributed by atoms with Gasteiger partial charge in [0.2, 0.25) is 0 Å². The molecule has 1 aromatic rings. The van der Waals surface area contributed by atoms with Gasteiger partial charge in [-0.15, -0.1) is 0 Å². The fourth-order valence-corrected chi connectivity index (χ4v) is 3.52. The summed E-state index contributed by atoms with van der Waals surface area (Å²) in [6, 6.07) is 0.145. The van der Waals surface area contributed by atoms with Gasteiger partial charge in [0.15, 0.2) is 0 Å². The Bertz CT molecular complexity index is 693. The van der Waals surface area contributed by atoms with Crippen molar-refractivity contribution in [2.24, 2.45) is 0 Å². The first-order valence-corrected chi connectivity index (χ1v) is 9.33. The summed E-state index contributed by atoms with van der Waals surface area (Å²) in [6.07, 6.45) is 1.64. The number of hydrogen-bond acceptors (Lipinski definition) is 6. The summed E-state index contributed by atoms with van der Waals surface area (Å²) in [4.78, 5) is 29.1. The lowest BCUT2D eigenvalue weighted by Gasteiger charge is -2.43. The van der Waals surface area contributed by atoms with E-state index in [1.54, 1.807) is 6.20 Å². The van der Waals surface area contributed by atoms with E-state index < -0.39 is 12.1 Å². The Labute approximate surface area is 167 Å². The molecule has 0 aliphatic carbocycles. The second kappa shape index (κ2) is 9.61. The zero-order chi connectivity index (χ0) is 20.8. The largest absolute Gasteiger partial charge is 0.490 e. The number of aromatic nitrogens is 2. The highest BCUT2D eigenvalue weighted by Gasteiger charge is 2.39.